The Kier molecular flexibility index (Phi) is 15.5. The topological polar surface area (TPSA) is 160 Å². The predicted octanol–water partition coefficient (Wildman–Crippen LogP) is 11.4. The third kappa shape index (κ3) is 11.2. The summed E-state index contributed by atoms with van der Waals surface area (Å²) in [6.07, 6.45) is 7.14. The van der Waals surface area contributed by atoms with Crippen LogP contribution in [0, 0.1) is 11.3 Å². The van der Waals surface area contributed by atoms with Crippen LogP contribution in [-0.4, -0.2) is 44.3 Å². The molecule has 0 saturated carbocycles. The number of nitriles is 1. The fourth-order valence-corrected chi connectivity index (χ4v) is 8.52. The smallest absolute Gasteiger partial charge is 0.260 e. The lowest BCUT2D eigenvalue weighted by Gasteiger charge is -2.06. The number of nitrogens with one attached hydrogen (secondary N) is 2. The maximum atomic E-state index is 12.6. The average molecular weight is 898 g/mol. The van der Waals surface area contributed by atoms with Crippen molar-refractivity contribution in [3.63, 3.8) is 0 Å². The number of aromatic nitrogens is 4. The van der Waals surface area contributed by atoms with Gasteiger partial charge in [-0.15, -0.1) is 58.6 Å². The maximum Gasteiger partial charge on any atom is 0.260 e. The van der Waals surface area contributed by atoms with Crippen molar-refractivity contribution in [3.05, 3.63) is 167 Å². The summed E-state index contributed by atoms with van der Waals surface area (Å²) in [5.41, 5.74) is 16.4. The van der Waals surface area contributed by atoms with Gasteiger partial charge < -0.3 is 5.73 Å². The molecule has 304 valence electrons. The summed E-state index contributed by atoms with van der Waals surface area (Å²) in [5.74, 6) is -0.429. The number of carbonyl (C=O) groups is 2. The van der Waals surface area contributed by atoms with Crippen molar-refractivity contribution in [2.24, 2.45) is 5.73 Å². The van der Waals surface area contributed by atoms with E-state index in [1.165, 1.54) is 46.2 Å². The largest absolute Gasteiger partial charge is 0.326 e. The number of thioether (sulfide) groups is 2. The summed E-state index contributed by atoms with van der Waals surface area (Å²) in [4.78, 5) is 42.9. The second kappa shape index (κ2) is 21.4. The molecule has 0 bridgehead atoms. The molecule has 61 heavy (non-hydrogen) atoms. The Morgan fingerprint density at radius 2 is 1.07 bits per heavy atom. The van der Waals surface area contributed by atoms with Crippen LogP contribution in [0.5, 0.6) is 0 Å². The van der Waals surface area contributed by atoms with Gasteiger partial charge in [-0.3, -0.25) is 20.2 Å². The molecule has 8 aromatic rings. The van der Waals surface area contributed by atoms with E-state index in [1.807, 2.05) is 77.9 Å². The van der Waals surface area contributed by atoms with Crippen LogP contribution in [0.15, 0.2) is 155 Å². The number of benzene rings is 4. The van der Waals surface area contributed by atoms with E-state index in [2.05, 4.69) is 67.0 Å². The minimum absolute atomic E-state index is 0. The van der Waals surface area contributed by atoms with Crippen LogP contribution in [-0.2, 0) is 6.54 Å². The van der Waals surface area contributed by atoms with E-state index in [1.54, 1.807) is 48.8 Å². The molecule has 2 amide bonds. The molecule has 0 radical (unpaired) electrons. The third-order valence-electron chi connectivity index (χ3n) is 9.05. The zero-order valence-corrected chi connectivity index (χ0v) is 36.8. The summed E-state index contributed by atoms with van der Waals surface area (Å²) in [6, 6.07) is 41.1. The fourth-order valence-electron chi connectivity index (χ4n) is 6.00. The number of amides is 2. The number of thiazole rings is 2. The number of rotatable bonds is 11. The van der Waals surface area contributed by atoms with Crippen molar-refractivity contribution in [3.8, 4) is 50.8 Å². The number of carbonyl (C=O) groups excluding carboxylic acids is 2. The first kappa shape index (κ1) is 44.4. The SMILES string of the molecule is CSc1ncccc1C(=O)Nc1nc(-c2cccc(-c3ccc(C#N)cc3)c2)cs1.CSc1ncccc1C(=O)Nc1nc(-c2cccc(-c3ccc(CN)cc3)c2)cs1.Cl. The quantitative estimate of drug-likeness (QED) is 0.107. The molecule has 0 aliphatic rings. The molecule has 4 aromatic carbocycles. The summed E-state index contributed by atoms with van der Waals surface area (Å²) in [6.45, 7) is 0.533. The third-order valence-corrected chi connectivity index (χ3v) is 12.0. The lowest BCUT2D eigenvalue weighted by molar-refractivity contribution is 0.101. The Labute approximate surface area is 376 Å². The van der Waals surface area contributed by atoms with Crippen molar-refractivity contribution < 1.29 is 9.59 Å². The van der Waals surface area contributed by atoms with Gasteiger partial charge in [0, 0.05) is 40.8 Å². The Hall–Kier alpha value is -6.18. The van der Waals surface area contributed by atoms with Gasteiger partial charge >= 0.3 is 0 Å². The molecule has 4 N–H and O–H groups in total. The van der Waals surface area contributed by atoms with Gasteiger partial charge in [0.1, 0.15) is 10.1 Å². The molecular formula is C46H37ClN8O2S4. The average Bonchev–Trinajstić information content (AvgIpc) is 3.99. The first-order valence-corrected chi connectivity index (χ1v) is 22.6. The van der Waals surface area contributed by atoms with E-state index < -0.39 is 0 Å². The van der Waals surface area contributed by atoms with Crippen molar-refractivity contribution in [1.82, 2.24) is 19.9 Å². The minimum atomic E-state index is -0.223. The highest BCUT2D eigenvalue weighted by Gasteiger charge is 2.16. The van der Waals surface area contributed by atoms with Crippen LogP contribution < -0.4 is 16.4 Å². The molecular weight excluding hydrogens is 860 g/mol. The number of nitrogens with two attached hydrogens (primary N) is 1. The lowest BCUT2D eigenvalue weighted by Crippen LogP contribution is -2.13. The Bertz CT molecular complexity index is 2810. The molecule has 0 aliphatic carbocycles. The predicted molar refractivity (Wildman–Crippen MR) is 254 cm³/mol. The molecule has 15 heteroatoms. The molecule has 0 saturated heterocycles. The lowest BCUT2D eigenvalue weighted by atomic mass is 10.0. The molecule has 0 unspecified atom stereocenters. The van der Waals surface area contributed by atoms with Crippen molar-refractivity contribution in [2.45, 2.75) is 16.6 Å². The summed E-state index contributed by atoms with van der Waals surface area (Å²) < 4.78 is 0. The molecule has 4 heterocycles. The number of pyridine rings is 2. The number of anilines is 2. The number of halogens is 1. The highest BCUT2D eigenvalue weighted by Crippen LogP contribution is 2.31. The standard InChI is InChI=1S/C23H20N4OS2.C23H16N4OS2.ClH/c2*1-29-22-19(6-3-11-25-22)21(28)27-23-26-20(14-30-23)18-5-2-4-17(12-18)16-9-7-15(13-24)8-10-16;/h2-12,14H,13,24H2,1H3,(H,26,27,28);2-12,14H,1H3,(H,26,27,28);1H. The Morgan fingerprint density at radius 3 is 1.49 bits per heavy atom. The fraction of sp³-hybridized carbons (Fsp3) is 0.0652. The van der Waals surface area contributed by atoms with Crippen LogP contribution in [0.2, 0.25) is 0 Å². The molecule has 0 fully saturated rings. The second-order valence-electron chi connectivity index (χ2n) is 12.9. The van der Waals surface area contributed by atoms with Gasteiger partial charge in [-0.25, -0.2) is 19.9 Å². The van der Waals surface area contributed by atoms with E-state index >= 15 is 0 Å². The number of nitrogens with zero attached hydrogens (tertiary/aromatic N) is 5. The van der Waals surface area contributed by atoms with Crippen LogP contribution in [0.4, 0.5) is 10.3 Å². The van der Waals surface area contributed by atoms with E-state index in [0.29, 0.717) is 43.6 Å². The Morgan fingerprint density at radius 1 is 0.623 bits per heavy atom. The van der Waals surface area contributed by atoms with Gasteiger partial charge in [-0.05, 0) is 88.9 Å². The Balaban J connectivity index is 0.000000201. The zero-order valence-electron chi connectivity index (χ0n) is 32.7. The number of hydrogen-bond donors (Lipinski definition) is 3. The van der Waals surface area contributed by atoms with Crippen LogP contribution in [0.1, 0.15) is 31.8 Å². The summed E-state index contributed by atoms with van der Waals surface area (Å²) in [7, 11) is 0. The molecule has 0 atom stereocenters. The van der Waals surface area contributed by atoms with Crippen molar-refractivity contribution >= 4 is 80.7 Å². The van der Waals surface area contributed by atoms with Gasteiger partial charge in [0.2, 0.25) is 0 Å². The van der Waals surface area contributed by atoms with E-state index in [4.69, 9.17) is 11.0 Å². The van der Waals surface area contributed by atoms with Crippen LogP contribution in [0.25, 0.3) is 44.8 Å². The normalized spacial score (nSPS) is 10.4. The maximum absolute atomic E-state index is 12.6. The minimum Gasteiger partial charge on any atom is -0.326 e. The monoisotopic (exact) mass is 896 g/mol. The van der Waals surface area contributed by atoms with Gasteiger partial charge in [0.25, 0.3) is 11.8 Å². The highest BCUT2D eigenvalue weighted by atomic mass is 35.5. The number of hydrogen-bond acceptors (Lipinski definition) is 12. The molecule has 0 spiro atoms. The van der Waals surface area contributed by atoms with Crippen molar-refractivity contribution in [2.75, 3.05) is 23.1 Å². The van der Waals surface area contributed by atoms with E-state index in [-0.39, 0.29) is 24.2 Å². The van der Waals surface area contributed by atoms with Gasteiger partial charge in [-0.1, -0.05) is 72.8 Å². The van der Waals surface area contributed by atoms with Crippen LogP contribution in [0.3, 0.4) is 0 Å². The molecule has 10 nitrogen and oxygen atoms in total. The molecule has 8 rings (SSSR count). The second-order valence-corrected chi connectivity index (χ2v) is 16.2. The van der Waals surface area contributed by atoms with Crippen LogP contribution >= 0.6 is 58.6 Å². The van der Waals surface area contributed by atoms with Gasteiger partial charge in [0.15, 0.2) is 10.3 Å². The molecule has 4 aromatic heterocycles. The van der Waals surface area contributed by atoms with E-state index in [9.17, 15) is 9.59 Å². The van der Waals surface area contributed by atoms with E-state index in [0.717, 1.165) is 50.3 Å². The summed E-state index contributed by atoms with van der Waals surface area (Å²) in [5, 5.41) is 21.1. The van der Waals surface area contributed by atoms with Gasteiger partial charge in [0.05, 0.1) is 34.1 Å². The molecule has 0 aliphatic heterocycles. The first-order chi connectivity index (χ1) is 29.3. The highest BCUT2D eigenvalue weighted by molar-refractivity contribution is 7.98. The van der Waals surface area contributed by atoms with Crippen molar-refractivity contribution in [1.29, 1.82) is 5.26 Å². The summed E-state index contributed by atoms with van der Waals surface area (Å²) >= 11 is 5.66. The van der Waals surface area contributed by atoms with Gasteiger partial charge in [-0.2, -0.15) is 5.26 Å². The first-order valence-electron chi connectivity index (χ1n) is 18.4. The zero-order chi connectivity index (χ0) is 41.8.